The summed E-state index contributed by atoms with van der Waals surface area (Å²) in [5.41, 5.74) is 3.94. The van der Waals surface area contributed by atoms with E-state index in [-0.39, 0.29) is 6.03 Å². The lowest BCUT2D eigenvalue weighted by atomic mass is 9.91. The Morgan fingerprint density at radius 1 is 0.909 bits per heavy atom. The molecule has 0 spiro atoms. The van der Waals surface area contributed by atoms with Crippen LogP contribution >= 0.6 is 0 Å². The van der Waals surface area contributed by atoms with Crippen molar-refractivity contribution in [1.29, 1.82) is 0 Å². The molecule has 5 rings (SSSR count). The fourth-order valence-corrected chi connectivity index (χ4v) is 4.84. The Hall–Kier alpha value is -3.69. The molecule has 166 valence electrons. The lowest BCUT2D eigenvalue weighted by Gasteiger charge is -2.30. The number of hydrogen-bond donors (Lipinski definition) is 1. The van der Waals surface area contributed by atoms with Gasteiger partial charge in [0.25, 0.3) is 0 Å². The molecule has 0 saturated carbocycles. The van der Waals surface area contributed by atoms with Gasteiger partial charge in [-0.25, -0.2) is 14.8 Å². The van der Waals surface area contributed by atoms with E-state index < -0.39 is 0 Å². The highest BCUT2D eigenvalue weighted by Gasteiger charge is 2.38. The van der Waals surface area contributed by atoms with Crippen molar-refractivity contribution in [3.05, 3.63) is 90.0 Å². The summed E-state index contributed by atoms with van der Waals surface area (Å²) in [6, 6.07) is 18.6. The second kappa shape index (κ2) is 9.85. The van der Waals surface area contributed by atoms with Gasteiger partial charge in [0.05, 0.1) is 5.56 Å². The van der Waals surface area contributed by atoms with Gasteiger partial charge < -0.3 is 10.2 Å². The number of carbonyl (C=O) groups excluding carboxylic acids is 1. The van der Waals surface area contributed by atoms with Gasteiger partial charge >= 0.3 is 6.03 Å². The maximum atomic E-state index is 13.0. The van der Waals surface area contributed by atoms with Gasteiger partial charge in [-0.15, -0.1) is 0 Å². The van der Waals surface area contributed by atoms with Crippen molar-refractivity contribution in [2.24, 2.45) is 0 Å². The standard InChI is InChI=1S/C27H27N5O/c33-27(30-24-5-2-1-3-6-24)32-15-4-14-31-16-13-25(26(31)19-32)23-11-9-21(10-12-23)7-8-22-17-28-20-29-18-22/h1-3,5-6,9-12,17-18,20,25-26H,4,13-16,19H2,(H,30,33)/t25-,26+/m1/s1. The van der Waals surface area contributed by atoms with Crippen LogP contribution in [0.2, 0.25) is 0 Å². The number of nitrogens with zero attached hydrogens (tertiary/aromatic N) is 4. The van der Waals surface area contributed by atoms with E-state index in [0.717, 1.165) is 55.8 Å². The normalized spacial score (nSPS) is 20.3. The van der Waals surface area contributed by atoms with Crippen molar-refractivity contribution in [1.82, 2.24) is 19.8 Å². The van der Waals surface area contributed by atoms with E-state index in [4.69, 9.17) is 0 Å². The zero-order valence-electron chi connectivity index (χ0n) is 18.5. The van der Waals surface area contributed by atoms with E-state index in [9.17, 15) is 4.79 Å². The van der Waals surface area contributed by atoms with Crippen molar-refractivity contribution in [2.75, 3.05) is 31.5 Å². The molecule has 2 aliphatic heterocycles. The Labute approximate surface area is 194 Å². The molecular weight excluding hydrogens is 410 g/mol. The lowest BCUT2D eigenvalue weighted by Crippen LogP contribution is -2.43. The number of benzene rings is 2. The Kier molecular flexibility index (Phi) is 6.32. The Morgan fingerprint density at radius 2 is 1.67 bits per heavy atom. The average molecular weight is 438 g/mol. The monoisotopic (exact) mass is 437 g/mol. The third-order valence-corrected chi connectivity index (χ3v) is 6.50. The van der Waals surface area contributed by atoms with Crippen molar-refractivity contribution < 1.29 is 4.79 Å². The minimum atomic E-state index is -0.00999. The molecule has 0 bridgehead atoms. The van der Waals surface area contributed by atoms with Crippen LogP contribution in [0.25, 0.3) is 0 Å². The number of rotatable bonds is 2. The number of hydrogen-bond acceptors (Lipinski definition) is 4. The van der Waals surface area contributed by atoms with Gasteiger partial charge in [0.15, 0.2) is 0 Å². The fourth-order valence-electron chi connectivity index (χ4n) is 4.84. The molecule has 0 aliphatic carbocycles. The zero-order chi connectivity index (χ0) is 22.5. The van der Waals surface area contributed by atoms with Crippen LogP contribution in [0.4, 0.5) is 10.5 Å². The van der Waals surface area contributed by atoms with Crippen molar-refractivity contribution in [3.63, 3.8) is 0 Å². The summed E-state index contributed by atoms with van der Waals surface area (Å²) in [6.07, 6.45) is 7.06. The number of carbonyl (C=O) groups is 1. The number of para-hydroxylation sites is 1. The van der Waals surface area contributed by atoms with Crippen LogP contribution in [-0.2, 0) is 0 Å². The largest absolute Gasteiger partial charge is 0.323 e. The van der Waals surface area contributed by atoms with Crippen LogP contribution in [0.3, 0.4) is 0 Å². The summed E-state index contributed by atoms with van der Waals surface area (Å²) in [4.78, 5) is 25.5. The van der Waals surface area contributed by atoms with E-state index in [0.29, 0.717) is 12.0 Å². The van der Waals surface area contributed by atoms with Gasteiger partial charge in [-0.05, 0) is 49.2 Å². The van der Waals surface area contributed by atoms with E-state index in [2.05, 4.69) is 56.3 Å². The third-order valence-electron chi connectivity index (χ3n) is 6.50. The molecule has 2 aliphatic rings. The number of urea groups is 1. The molecule has 2 aromatic carbocycles. The average Bonchev–Trinajstić information content (AvgIpc) is 3.13. The highest BCUT2D eigenvalue weighted by atomic mass is 16.2. The van der Waals surface area contributed by atoms with E-state index in [1.807, 2.05) is 35.2 Å². The van der Waals surface area contributed by atoms with Gasteiger partial charge in [0.1, 0.15) is 6.33 Å². The summed E-state index contributed by atoms with van der Waals surface area (Å²) in [5, 5.41) is 3.05. The smallest absolute Gasteiger partial charge is 0.321 e. The maximum absolute atomic E-state index is 13.0. The summed E-state index contributed by atoms with van der Waals surface area (Å²) in [7, 11) is 0. The van der Waals surface area contributed by atoms with Crippen molar-refractivity contribution >= 4 is 11.7 Å². The second-order valence-corrected chi connectivity index (χ2v) is 8.59. The number of nitrogens with one attached hydrogen (secondary N) is 1. The van der Waals surface area contributed by atoms with Gasteiger partial charge in [0.2, 0.25) is 0 Å². The minimum Gasteiger partial charge on any atom is -0.323 e. The van der Waals surface area contributed by atoms with Crippen molar-refractivity contribution in [3.8, 4) is 11.8 Å². The van der Waals surface area contributed by atoms with E-state index in [1.54, 1.807) is 12.4 Å². The Balaban J connectivity index is 1.28. The molecule has 3 aromatic rings. The number of amides is 2. The first-order valence-electron chi connectivity index (χ1n) is 11.5. The van der Waals surface area contributed by atoms with Crippen molar-refractivity contribution in [2.45, 2.75) is 24.8 Å². The predicted molar refractivity (Wildman–Crippen MR) is 129 cm³/mol. The molecule has 1 aromatic heterocycles. The van der Waals surface area contributed by atoms with E-state index in [1.165, 1.54) is 11.9 Å². The first-order chi connectivity index (χ1) is 16.3. The van der Waals surface area contributed by atoms with E-state index >= 15 is 0 Å². The summed E-state index contributed by atoms with van der Waals surface area (Å²) in [6.45, 7) is 3.66. The quantitative estimate of drug-likeness (QED) is 0.617. The van der Waals surface area contributed by atoms with Gasteiger partial charge in [-0.2, -0.15) is 0 Å². The molecule has 2 saturated heterocycles. The summed E-state index contributed by atoms with van der Waals surface area (Å²) in [5.74, 6) is 6.71. The molecule has 2 atom stereocenters. The molecule has 3 heterocycles. The Morgan fingerprint density at radius 3 is 2.45 bits per heavy atom. The topological polar surface area (TPSA) is 61.4 Å². The SMILES string of the molecule is O=C(Nc1ccccc1)N1CCCN2CC[C@H](c3ccc(C#Cc4cncnc4)cc3)[C@@H]2C1. The van der Waals surface area contributed by atoms with Crippen LogP contribution in [-0.4, -0.2) is 58.0 Å². The third kappa shape index (κ3) is 5.05. The minimum absolute atomic E-state index is 0.00999. The summed E-state index contributed by atoms with van der Waals surface area (Å²) >= 11 is 0. The molecule has 2 amide bonds. The highest BCUT2D eigenvalue weighted by molar-refractivity contribution is 5.89. The highest BCUT2D eigenvalue weighted by Crippen LogP contribution is 2.35. The number of fused-ring (bicyclic) bond motifs is 1. The Bertz CT molecular complexity index is 1140. The molecular formula is C27H27N5O. The molecule has 33 heavy (non-hydrogen) atoms. The lowest BCUT2D eigenvalue weighted by molar-refractivity contribution is 0.197. The second-order valence-electron chi connectivity index (χ2n) is 8.59. The molecule has 0 unspecified atom stereocenters. The fraction of sp³-hybridized carbons (Fsp3) is 0.296. The van der Waals surface area contributed by atoms with Crippen LogP contribution in [0, 0.1) is 11.8 Å². The molecule has 6 nitrogen and oxygen atoms in total. The first-order valence-corrected chi connectivity index (χ1v) is 11.5. The molecule has 6 heteroatoms. The van der Waals surface area contributed by atoms with Gasteiger partial charge in [-0.3, -0.25) is 4.90 Å². The van der Waals surface area contributed by atoms with Gasteiger partial charge in [0, 0.05) is 55.2 Å². The predicted octanol–water partition coefficient (Wildman–Crippen LogP) is 3.97. The van der Waals surface area contributed by atoms with Crippen LogP contribution in [0.15, 0.2) is 73.3 Å². The summed E-state index contributed by atoms with van der Waals surface area (Å²) < 4.78 is 0. The zero-order valence-corrected chi connectivity index (χ0v) is 18.5. The van der Waals surface area contributed by atoms with Crippen LogP contribution < -0.4 is 5.32 Å². The number of anilines is 1. The first kappa shape index (κ1) is 21.2. The molecule has 1 N–H and O–H groups in total. The number of aromatic nitrogens is 2. The van der Waals surface area contributed by atoms with Crippen LogP contribution in [0.1, 0.15) is 35.4 Å². The van der Waals surface area contributed by atoms with Crippen LogP contribution in [0.5, 0.6) is 0 Å². The molecule has 2 fully saturated rings. The molecule has 0 radical (unpaired) electrons. The maximum Gasteiger partial charge on any atom is 0.321 e. The van der Waals surface area contributed by atoms with Gasteiger partial charge in [-0.1, -0.05) is 42.2 Å².